The zero-order valence-corrected chi connectivity index (χ0v) is 16.7. The molecule has 0 aliphatic carbocycles. The number of nitrogens with two attached hydrogens (primary N) is 1. The number of aromatic hydroxyl groups is 1. The van der Waals surface area contributed by atoms with Gasteiger partial charge < -0.3 is 15.7 Å². The number of hydrogen-bond acceptors (Lipinski definition) is 5. The average Bonchev–Trinajstić information content (AvgIpc) is 2.74. The molecule has 0 unspecified atom stereocenters. The number of unbranched alkanes of at least 4 members (excludes halogenated alkanes) is 2. The highest BCUT2D eigenvalue weighted by molar-refractivity contribution is 6.01. The number of hydrogen-bond donors (Lipinski definition) is 2. The lowest BCUT2D eigenvalue weighted by atomic mass is 10.0. The van der Waals surface area contributed by atoms with Crippen molar-refractivity contribution in [2.45, 2.75) is 25.7 Å². The van der Waals surface area contributed by atoms with E-state index in [1.54, 1.807) is 0 Å². The smallest absolute Gasteiger partial charge is 0.252 e. The molecule has 3 N–H and O–H groups in total. The van der Waals surface area contributed by atoms with Gasteiger partial charge in [-0.1, -0.05) is 24.6 Å². The zero-order chi connectivity index (χ0) is 20.6. The van der Waals surface area contributed by atoms with Gasteiger partial charge in [-0.2, -0.15) is 0 Å². The van der Waals surface area contributed by atoms with Gasteiger partial charge in [0.2, 0.25) is 0 Å². The molecule has 0 aromatic heterocycles. The van der Waals surface area contributed by atoms with Gasteiger partial charge in [0.05, 0.1) is 5.56 Å². The Bertz CT molecular complexity index is 831. The maximum Gasteiger partial charge on any atom is 0.252 e. The maximum atomic E-state index is 12.3. The standard InChI is InChI=1S/C23H29N3O3/c24-23(29)20-17-18(10-11-22(20)28)21(27)9-5-2-6-12-25-13-15-26(16-14-25)19-7-3-1-4-8-19/h1,3-4,7-8,10-11,17,28H,2,5-6,9,12-16H2,(H2,24,29). The predicted molar refractivity (Wildman–Crippen MR) is 115 cm³/mol. The second kappa shape index (κ2) is 10.1. The minimum absolute atomic E-state index is 0.00880. The molecule has 6 heteroatoms. The number of ketones is 1. The third-order valence-electron chi connectivity index (χ3n) is 5.46. The number of phenols is 1. The number of para-hydroxylation sites is 1. The summed E-state index contributed by atoms with van der Waals surface area (Å²) < 4.78 is 0. The normalized spacial score (nSPS) is 14.7. The summed E-state index contributed by atoms with van der Waals surface area (Å²) >= 11 is 0. The Labute approximate surface area is 171 Å². The van der Waals surface area contributed by atoms with Crippen LogP contribution in [-0.2, 0) is 0 Å². The van der Waals surface area contributed by atoms with Crippen LogP contribution in [0.15, 0.2) is 48.5 Å². The molecule has 1 aliphatic rings. The molecule has 29 heavy (non-hydrogen) atoms. The number of nitrogens with zero attached hydrogens (tertiary/aromatic N) is 2. The molecule has 0 atom stereocenters. The largest absolute Gasteiger partial charge is 0.507 e. The molecule has 0 spiro atoms. The van der Waals surface area contributed by atoms with Crippen molar-refractivity contribution in [1.82, 2.24) is 4.90 Å². The van der Waals surface area contributed by atoms with Gasteiger partial charge in [0, 0.05) is 43.9 Å². The number of carbonyl (C=O) groups is 2. The van der Waals surface area contributed by atoms with Crippen LogP contribution in [-0.4, -0.2) is 54.4 Å². The molecule has 1 heterocycles. The number of amides is 1. The van der Waals surface area contributed by atoms with Crippen LogP contribution in [0.4, 0.5) is 5.69 Å². The fourth-order valence-electron chi connectivity index (χ4n) is 3.72. The third kappa shape index (κ3) is 5.81. The van der Waals surface area contributed by atoms with Gasteiger partial charge in [0.1, 0.15) is 5.75 Å². The molecule has 1 fully saturated rings. The van der Waals surface area contributed by atoms with Crippen molar-refractivity contribution in [3.63, 3.8) is 0 Å². The topological polar surface area (TPSA) is 86.9 Å². The van der Waals surface area contributed by atoms with Crippen LogP contribution in [0.1, 0.15) is 46.4 Å². The van der Waals surface area contributed by atoms with E-state index in [0.717, 1.165) is 52.0 Å². The molecule has 2 aromatic rings. The summed E-state index contributed by atoms with van der Waals surface area (Å²) in [7, 11) is 0. The first-order chi connectivity index (χ1) is 14.0. The van der Waals surface area contributed by atoms with Crippen molar-refractivity contribution in [1.29, 1.82) is 0 Å². The van der Waals surface area contributed by atoms with E-state index in [-0.39, 0.29) is 17.1 Å². The van der Waals surface area contributed by atoms with Crippen LogP contribution >= 0.6 is 0 Å². The van der Waals surface area contributed by atoms with E-state index < -0.39 is 5.91 Å². The summed E-state index contributed by atoms with van der Waals surface area (Å²) in [4.78, 5) is 28.5. The van der Waals surface area contributed by atoms with Crippen molar-refractivity contribution >= 4 is 17.4 Å². The molecule has 0 bridgehead atoms. The van der Waals surface area contributed by atoms with E-state index in [0.29, 0.717) is 12.0 Å². The molecule has 3 rings (SSSR count). The van der Waals surface area contributed by atoms with Crippen LogP contribution in [0.3, 0.4) is 0 Å². The van der Waals surface area contributed by atoms with Crippen molar-refractivity contribution in [2.75, 3.05) is 37.6 Å². The summed E-state index contributed by atoms with van der Waals surface area (Å²) in [6.07, 6.45) is 3.31. The molecule has 0 saturated carbocycles. The van der Waals surface area contributed by atoms with Gasteiger partial charge in [0.25, 0.3) is 5.91 Å². The fourth-order valence-corrected chi connectivity index (χ4v) is 3.72. The van der Waals surface area contributed by atoms with Gasteiger partial charge in [-0.25, -0.2) is 0 Å². The maximum absolute atomic E-state index is 12.3. The van der Waals surface area contributed by atoms with E-state index in [1.807, 2.05) is 6.07 Å². The molecule has 6 nitrogen and oxygen atoms in total. The van der Waals surface area contributed by atoms with Crippen LogP contribution < -0.4 is 10.6 Å². The van der Waals surface area contributed by atoms with Crippen LogP contribution in [0.25, 0.3) is 0 Å². The van der Waals surface area contributed by atoms with Gasteiger partial charge in [-0.05, 0) is 49.7 Å². The Kier molecular flexibility index (Phi) is 7.25. The van der Waals surface area contributed by atoms with Crippen LogP contribution in [0.5, 0.6) is 5.75 Å². The average molecular weight is 396 g/mol. The number of piperazine rings is 1. The number of rotatable bonds is 9. The monoisotopic (exact) mass is 395 g/mol. The Morgan fingerprint density at radius 2 is 1.66 bits per heavy atom. The molecule has 2 aromatic carbocycles. The minimum Gasteiger partial charge on any atom is -0.507 e. The molecule has 154 valence electrons. The second-order valence-corrected chi connectivity index (χ2v) is 7.49. The highest BCUT2D eigenvalue weighted by Gasteiger charge is 2.17. The molecular formula is C23H29N3O3. The van der Waals surface area contributed by atoms with Crippen molar-refractivity contribution < 1.29 is 14.7 Å². The highest BCUT2D eigenvalue weighted by atomic mass is 16.3. The van der Waals surface area contributed by atoms with E-state index in [9.17, 15) is 14.7 Å². The third-order valence-corrected chi connectivity index (χ3v) is 5.46. The zero-order valence-electron chi connectivity index (χ0n) is 16.7. The summed E-state index contributed by atoms with van der Waals surface area (Å²) in [5.41, 5.74) is 6.92. The first kappa shape index (κ1) is 20.9. The lowest BCUT2D eigenvalue weighted by Crippen LogP contribution is -2.46. The van der Waals surface area contributed by atoms with E-state index in [1.165, 1.54) is 23.9 Å². The Morgan fingerprint density at radius 1 is 0.931 bits per heavy atom. The Hall–Kier alpha value is -2.86. The van der Waals surface area contributed by atoms with Gasteiger partial charge in [0.15, 0.2) is 5.78 Å². The van der Waals surface area contributed by atoms with Crippen molar-refractivity contribution in [3.8, 4) is 5.75 Å². The Balaban J connectivity index is 1.34. The highest BCUT2D eigenvalue weighted by Crippen LogP contribution is 2.20. The predicted octanol–water partition coefficient (Wildman–Crippen LogP) is 3.06. The molecular weight excluding hydrogens is 366 g/mol. The summed E-state index contributed by atoms with van der Waals surface area (Å²) in [6.45, 7) is 5.29. The lowest BCUT2D eigenvalue weighted by Gasteiger charge is -2.36. The minimum atomic E-state index is -0.732. The van der Waals surface area contributed by atoms with Gasteiger partial charge in [-0.15, -0.1) is 0 Å². The fraction of sp³-hybridized carbons (Fsp3) is 0.391. The quantitative estimate of drug-likeness (QED) is 0.503. The van der Waals surface area contributed by atoms with Crippen LogP contribution in [0.2, 0.25) is 0 Å². The van der Waals surface area contributed by atoms with Gasteiger partial charge in [-0.3, -0.25) is 14.5 Å². The number of benzene rings is 2. The van der Waals surface area contributed by atoms with Gasteiger partial charge >= 0.3 is 0 Å². The summed E-state index contributed by atoms with van der Waals surface area (Å²) in [5.74, 6) is -0.949. The summed E-state index contributed by atoms with van der Waals surface area (Å²) in [6, 6.07) is 14.8. The van der Waals surface area contributed by atoms with Crippen molar-refractivity contribution in [3.05, 3.63) is 59.7 Å². The van der Waals surface area contributed by atoms with Crippen molar-refractivity contribution in [2.24, 2.45) is 5.73 Å². The first-order valence-electron chi connectivity index (χ1n) is 10.2. The number of Topliss-reactive ketones (excluding diaryl/α,β-unsaturated/α-hetero) is 1. The molecule has 0 radical (unpaired) electrons. The summed E-state index contributed by atoms with van der Waals surface area (Å²) in [5, 5.41) is 9.62. The number of anilines is 1. The number of primary amides is 1. The second-order valence-electron chi connectivity index (χ2n) is 7.49. The lowest BCUT2D eigenvalue weighted by molar-refractivity contribution is 0.0978. The Morgan fingerprint density at radius 3 is 2.34 bits per heavy atom. The first-order valence-corrected chi connectivity index (χ1v) is 10.2. The van der Waals surface area contributed by atoms with E-state index >= 15 is 0 Å². The SMILES string of the molecule is NC(=O)c1cc(C(=O)CCCCCN2CCN(c3ccccc3)CC2)ccc1O. The molecule has 1 amide bonds. The van der Waals surface area contributed by atoms with E-state index in [2.05, 4.69) is 34.1 Å². The molecule has 1 aliphatic heterocycles. The van der Waals surface area contributed by atoms with E-state index in [4.69, 9.17) is 5.73 Å². The number of carbonyl (C=O) groups excluding carboxylic acids is 2. The molecule has 1 saturated heterocycles. The van der Waals surface area contributed by atoms with Crippen LogP contribution in [0, 0.1) is 0 Å².